The fraction of sp³-hybridized carbons (Fsp3) is 0.588. The van der Waals surface area contributed by atoms with E-state index in [1.807, 2.05) is 0 Å². The first-order valence-electron chi connectivity index (χ1n) is 7.40. The van der Waals surface area contributed by atoms with Crippen LogP contribution in [0, 0.1) is 0 Å². The van der Waals surface area contributed by atoms with Crippen molar-refractivity contribution in [2.75, 3.05) is 6.54 Å². The first kappa shape index (κ1) is 15.0. The molecule has 0 unspecified atom stereocenters. The number of benzene rings is 1. The Balaban J connectivity index is 2.32. The summed E-state index contributed by atoms with van der Waals surface area (Å²) in [7, 11) is 0. The number of nitrogens with one attached hydrogen (secondary N) is 1. The summed E-state index contributed by atoms with van der Waals surface area (Å²) in [6, 6.07) is 8.40. The van der Waals surface area contributed by atoms with E-state index in [1.54, 1.807) is 0 Å². The molecule has 1 aromatic heterocycles. The van der Waals surface area contributed by atoms with Crippen LogP contribution in [0.1, 0.15) is 47.4 Å². The van der Waals surface area contributed by atoms with Crippen LogP contribution in [0.3, 0.4) is 0 Å². The molecular formula is C17H27N3. The number of nitrogens with zero attached hydrogens (tertiary/aromatic N) is 2. The number of aromatic nitrogens is 2. The van der Waals surface area contributed by atoms with Gasteiger partial charge in [-0.3, -0.25) is 0 Å². The summed E-state index contributed by atoms with van der Waals surface area (Å²) in [5, 5.41) is 3.54. The maximum atomic E-state index is 4.82. The Morgan fingerprint density at radius 2 is 1.70 bits per heavy atom. The Morgan fingerprint density at radius 1 is 1.05 bits per heavy atom. The lowest BCUT2D eigenvalue weighted by molar-refractivity contribution is 0.383. The minimum atomic E-state index is 0.0488. The number of fused-ring (bicyclic) bond motifs is 1. The first-order chi connectivity index (χ1) is 9.18. The molecule has 0 saturated carbocycles. The van der Waals surface area contributed by atoms with Gasteiger partial charge in [0.15, 0.2) is 0 Å². The van der Waals surface area contributed by atoms with Crippen LogP contribution in [0.15, 0.2) is 24.3 Å². The van der Waals surface area contributed by atoms with E-state index in [4.69, 9.17) is 4.98 Å². The van der Waals surface area contributed by atoms with Gasteiger partial charge in [-0.2, -0.15) is 0 Å². The van der Waals surface area contributed by atoms with Gasteiger partial charge < -0.3 is 9.88 Å². The predicted molar refractivity (Wildman–Crippen MR) is 86.2 cm³/mol. The normalized spacial score (nSPS) is 13.1. The van der Waals surface area contributed by atoms with Gasteiger partial charge in [0.2, 0.25) is 0 Å². The number of hydrogen-bond donors (Lipinski definition) is 1. The van der Waals surface area contributed by atoms with Crippen LogP contribution in [-0.2, 0) is 12.0 Å². The second-order valence-corrected chi connectivity index (χ2v) is 7.45. The van der Waals surface area contributed by atoms with Crippen LogP contribution >= 0.6 is 0 Å². The van der Waals surface area contributed by atoms with Gasteiger partial charge in [0.1, 0.15) is 5.82 Å². The number of hydrogen-bond acceptors (Lipinski definition) is 2. The van der Waals surface area contributed by atoms with Crippen molar-refractivity contribution in [1.82, 2.24) is 14.9 Å². The van der Waals surface area contributed by atoms with Crippen molar-refractivity contribution in [3.8, 4) is 0 Å². The third kappa shape index (κ3) is 3.40. The van der Waals surface area contributed by atoms with Crippen LogP contribution in [0.25, 0.3) is 11.0 Å². The van der Waals surface area contributed by atoms with Crippen molar-refractivity contribution in [2.45, 2.75) is 59.0 Å². The summed E-state index contributed by atoms with van der Waals surface area (Å²) in [4.78, 5) is 4.82. The molecule has 0 fully saturated rings. The molecule has 0 radical (unpaired) electrons. The SMILES string of the molecule is CC(C)(C)NCCc1nc2ccccc2n1C(C)(C)C. The van der Waals surface area contributed by atoms with Gasteiger partial charge in [-0.05, 0) is 53.7 Å². The Bertz CT molecular complexity index is 582. The van der Waals surface area contributed by atoms with E-state index in [2.05, 4.69) is 75.7 Å². The molecule has 3 nitrogen and oxygen atoms in total. The Hall–Kier alpha value is -1.35. The molecule has 0 bridgehead atoms. The van der Waals surface area contributed by atoms with Crippen molar-refractivity contribution in [2.24, 2.45) is 0 Å². The summed E-state index contributed by atoms with van der Waals surface area (Å²) < 4.78 is 2.37. The molecule has 0 atom stereocenters. The minimum Gasteiger partial charge on any atom is -0.323 e. The predicted octanol–water partition coefficient (Wildman–Crippen LogP) is 3.72. The van der Waals surface area contributed by atoms with E-state index in [0.29, 0.717) is 0 Å². The second kappa shape index (κ2) is 5.21. The maximum absolute atomic E-state index is 4.82. The zero-order valence-corrected chi connectivity index (χ0v) is 13.6. The topological polar surface area (TPSA) is 29.9 Å². The van der Waals surface area contributed by atoms with E-state index in [9.17, 15) is 0 Å². The number of para-hydroxylation sites is 2. The molecule has 0 amide bonds. The molecule has 1 aromatic carbocycles. The van der Waals surface area contributed by atoms with Crippen LogP contribution in [0.4, 0.5) is 0 Å². The highest BCUT2D eigenvalue weighted by Crippen LogP contribution is 2.25. The summed E-state index contributed by atoms with van der Waals surface area (Å²) in [5.74, 6) is 1.16. The highest BCUT2D eigenvalue weighted by atomic mass is 15.1. The van der Waals surface area contributed by atoms with E-state index in [0.717, 1.165) is 24.3 Å². The highest BCUT2D eigenvalue weighted by molar-refractivity contribution is 5.76. The zero-order valence-electron chi connectivity index (χ0n) is 13.6. The Kier molecular flexibility index (Phi) is 3.92. The van der Waals surface area contributed by atoms with Gasteiger partial charge in [0, 0.05) is 24.0 Å². The largest absolute Gasteiger partial charge is 0.323 e. The number of rotatable bonds is 3. The average Bonchev–Trinajstić information content (AvgIpc) is 2.64. The van der Waals surface area contributed by atoms with Crippen molar-refractivity contribution >= 4 is 11.0 Å². The van der Waals surface area contributed by atoms with Gasteiger partial charge in [-0.15, -0.1) is 0 Å². The third-order valence-corrected chi connectivity index (χ3v) is 3.31. The molecule has 1 N–H and O–H groups in total. The molecule has 0 spiro atoms. The molecule has 2 aromatic rings. The molecule has 1 heterocycles. The van der Waals surface area contributed by atoms with Crippen LogP contribution in [0.5, 0.6) is 0 Å². The monoisotopic (exact) mass is 273 g/mol. The van der Waals surface area contributed by atoms with Crippen molar-refractivity contribution < 1.29 is 0 Å². The summed E-state index contributed by atoms with van der Waals surface area (Å²) in [6.45, 7) is 14.2. The average molecular weight is 273 g/mol. The lowest BCUT2D eigenvalue weighted by Crippen LogP contribution is -2.37. The molecule has 0 aliphatic rings. The van der Waals surface area contributed by atoms with Crippen molar-refractivity contribution in [3.05, 3.63) is 30.1 Å². The lowest BCUT2D eigenvalue weighted by atomic mass is 10.1. The number of imidazole rings is 1. The fourth-order valence-electron chi connectivity index (χ4n) is 2.54. The molecule has 20 heavy (non-hydrogen) atoms. The molecule has 3 heteroatoms. The molecular weight excluding hydrogens is 246 g/mol. The Morgan fingerprint density at radius 3 is 2.30 bits per heavy atom. The highest BCUT2D eigenvalue weighted by Gasteiger charge is 2.21. The van der Waals surface area contributed by atoms with Gasteiger partial charge in [0.05, 0.1) is 11.0 Å². The lowest BCUT2D eigenvalue weighted by Gasteiger charge is -2.25. The zero-order chi connectivity index (χ0) is 15.0. The van der Waals surface area contributed by atoms with Crippen LogP contribution < -0.4 is 5.32 Å². The van der Waals surface area contributed by atoms with Gasteiger partial charge in [-0.25, -0.2) is 4.98 Å². The van der Waals surface area contributed by atoms with E-state index in [-0.39, 0.29) is 11.1 Å². The molecule has 110 valence electrons. The molecule has 0 saturated heterocycles. The minimum absolute atomic E-state index is 0.0488. The van der Waals surface area contributed by atoms with Gasteiger partial charge >= 0.3 is 0 Å². The van der Waals surface area contributed by atoms with Crippen LogP contribution in [-0.4, -0.2) is 21.6 Å². The summed E-state index contributed by atoms with van der Waals surface area (Å²) in [6.07, 6.45) is 0.948. The van der Waals surface area contributed by atoms with Crippen LogP contribution in [0.2, 0.25) is 0 Å². The first-order valence-corrected chi connectivity index (χ1v) is 7.40. The van der Waals surface area contributed by atoms with Crippen molar-refractivity contribution in [1.29, 1.82) is 0 Å². The summed E-state index contributed by atoms with van der Waals surface area (Å²) >= 11 is 0. The molecule has 0 aliphatic heterocycles. The van der Waals surface area contributed by atoms with E-state index >= 15 is 0 Å². The van der Waals surface area contributed by atoms with Gasteiger partial charge in [-0.1, -0.05) is 12.1 Å². The standard InChI is InChI=1S/C17H27N3/c1-16(2,3)18-12-11-15-19-13-9-7-8-10-14(13)20(15)17(4,5)6/h7-10,18H,11-12H2,1-6H3. The maximum Gasteiger partial charge on any atom is 0.111 e. The third-order valence-electron chi connectivity index (χ3n) is 3.31. The van der Waals surface area contributed by atoms with Gasteiger partial charge in [0.25, 0.3) is 0 Å². The van der Waals surface area contributed by atoms with Crippen molar-refractivity contribution in [3.63, 3.8) is 0 Å². The Labute approximate surface area is 122 Å². The second-order valence-electron chi connectivity index (χ2n) is 7.45. The smallest absolute Gasteiger partial charge is 0.111 e. The van der Waals surface area contributed by atoms with E-state index < -0.39 is 0 Å². The summed E-state index contributed by atoms with van der Waals surface area (Å²) in [5.41, 5.74) is 2.52. The molecule has 0 aliphatic carbocycles. The molecule has 2 rings (SSSR count). The fourth-order valence-corrected chi connectivity index (χ4v) is 2.54. The quantitative estimate of drug-likeness (QED) is 0.923. The van der Waals surface area contributed by atoms with E-state index in [1.165, 1.54) is 5.52 Å².